The summed E-state index contributed by atoms with van der Waals surface area (Å²) in [7, 11) is 1.28. The van der Waals surface area contributed by atoms with E-state index in [-0.39, 0.29) is 12.1 Å². The van der Waals surface area contributed by atoms with Gasteiger partial charge in [-0.2, -0.15) is 0 Å². The van der Waals surface area contributed by atoms with Gasteiger partial charge >= 0.3 is 5.97 Å². The monoisotopic (exact) mass is 341 g/mol. The number of ether oxygens (including phenoxy) is 1. The molecule has 1 rings (SSSR count). The highest BCUT2D eigenvalue weighted by Gasteiger charge is 2.16. The second-order valence-corrected chi connectivity index (χ2v) is 4.22. The summed E-state index contributed by atoms with van der Waals surface area (Å²) in [4.78, 5) is 14.9. The molecule has 0 aliphatic heterocycles. The first-order chi connectivity index (χ1) is 7.45. The highest BCUT2D eigenvalue weighted by atomic mass is 127. The predicted octanol–water partition coefficient (Wildman–Crippen LogP) is 2.65. The van der Waals surface area contributed by atoms with Gasteiger partial charge in [-0.05, 0) is 40.6 Å². The highest BCUT2D eigenvalue weighted by Crippen LogP contribution is 2.23. The van der Waals surface area contributed by atoms with Crippen molar-refractivity contribution in [2.45, 2.75) is 19.8 Å². The predicted molar refractivity (Wildman–Crippen MR) is 62.4 cm³/mol. The minimum absolute atomic E-state index is 0.0477. The zero-order valence-electron chi connectivity index (χ0n) is 8.76. The van der Waals surface area contributed by atoms with Crippen LogP contribution in [0.2, 0.25) is 0 Å². The minimum Gasteiger partial charge on any atom is -0.469 e. The van der Waals surface area contributed by atoms with Crippen molar-refractivity contribution in [2.24, 2.45) is 0 Å². The second-order valence-electron chi connectivity index (χ2n) is 3.19. The summed E-state index contributed by atoms with van der Waals surface area (Å²) < 4.78 is 29.9. The molecular weight excluding hydrogens is 331 g/mol. The molecule has 0 fully saturated rings. The average molecular weight is 341 g/mol. The molecule has 0 spiro atoms. The van der Waals surface area contributed by atoms with Crippen LogP contribution in [0.25, 0.3) is 0 Å². The number of hydrogen-bond donors (Lipinski definition) is 0. The molecule has 0 aromatic carbocycles. The van der Waals surface area contributed by atoms with Gasteiger partial charge < -0.3 is 4.74 Å². The third-order valence-corrected chi connectivity index (χ3v) is 2.98. The van der Waals surface area contributed by atoms with Gasteiger partial charge in [0.05, 0.1) is 13.5 Å². The van der Waals surface area contributed by atoms with Gasteiger partial charge in [0, 0.05) is 0 Å². The summed E-state index contributed by atoms with van der Waals surface area (Å²) in [6.07, 6.45) is -2.55. The Labute approximate surface area is 105 Å². The fourth-order valence-corrected chi connectivity index (χ4v) is 1.84. The van der Waals surface area contributed by atoms with Crippen molar-refractivity contribution in [2.75, 3.05) is 7.11 Å². The third-order valence-electron chi connectivity index (χ3n) is 2.05. The van der Waals surface area contributed by atoms with Crippen LogP contribution >= 0.6 is 22.6 Å². The van der Waals surface area contributed by atoms with Gasteiger partial charge in [0.15, 0.2) is 0 Å². The number of carbonyl (C=O) groups excluding carboxylic acids is 1. The zero-order chi connectivity index (χ0) is 12.3. The molecule has 1 heterocycles. The SMILES string of the molecule is COC(=O)Cc1cc(C)c(C(F)F)nc1I. The summed E-state index contributed by atoms with van der Waals surface area (Å²) in [5.41, 5.74) is 0.752. The largest absolute Gasteiger partial charge is 0.469 e. The van der Waals surface area contributed by atoms with Gasteiger partial charge in [-0.25, -0.2) is 13.8 Å². The van der Waals surface area contributed by atoms with Crippen molar-refractivity contribution in [1.82, 2.24) is 4.98 Å². The molecule has 16 heavy (non-hydrogen) atoms. The maximum Gasteiger partial charge on any atom is 0.310 e. The fourth-order valence-electron chi connectivity index (χ4n) is 1.23. The molecule has 0 saturated carbocycles. The van der Waals surface area contributed by atoms with Crippen molar-refractivity contribution < 1.29 is 18.3 Å². The molecule has 0 saturated heterocycles. The van der Waals surface area contributed by atoms with E-state index in [0.29, 0.717) is 14.8 Å². The Morgan fingerprint density at radius 1 is 1.62 bits per heavy atom. The number of alkyl halides is 2. The van der Waals surface area contributed by atoms with Crippen LogP contribution in [0.4, 0.5) is 8.78 Å². The van der Waals surface area contributed by atoms with E-state index in [2.05, 4.69) is 9.72 Å². The summed E-state index contributed by atoms with van der Waals surface area (Å²) in [5, 5.41) is 0. The van der Waals surface area contributed by atoms with E-state index in [1.807, 2.05) is 22.6 Å². The lowest BCUT2D eigenvalue weighted by Gasteiger charge is -2.08. The number of pyridine rings is 1. The molecule has 0 aliphatic carbocycles. The van der Waals surface area contributed by atoms with Crippen LogP contribution in [0.5, 0.6) is 0 Å². The van der Waals surface area contributed by atoms with Gasteiger partial charge in [-0.3, -0.25) is 4.79 Å². The smallest absolute Gasteiger partial charge is 0.310 e. The quantitative estimate of drug-likeness (QED) is 0.482. The Bertz CT molecular complexity index is 410. The first-order valence-corrected chi connectivity index (χ1v) is 5.54. The third kappa shape index (κ3) is 3.10. The van der Waals surface area contributed by atoms with E-state index in [1.54, 1.807) is 13.0 Å². The second kappa shape index (κ2) is 5.51. The number of esters is 1. The van der Waals surface area contributed by atoms with Crippen LogP contribution in [-0.2, 0) is 16.0 Å². The summed E-state index contributed by atoms with van der Waals surface area (Å²) in [6.45, 7) is 1.55. The summed E-state index contributed by atoms with van der Waals surface area (Å²) >= 11 is 1.83. The van der Waals surface area contributed by atoms with E-state index < -0.39 is 12.4 Å². The van der Waals surface area contributed by atoms with Crippen LogP contribution < -0.4 is 0 Å². The van der Waals surface area contributed by atoms with Crippen molar-refractivity contribution in [3.8, 4) is 0 Å². The molecule has 0 amide bonds. The molecule has 3 nitrogen and oxygen atoms in total. The van der Waals surface area contributed by atoms with E-state index in [4.69, 9.17) is 0 Å². The lowest BCUT2D eigenvalue weighted by molar-refractivity contribution is -0.139. The van der Waals surface area contributed by atoms with Crippen molar-refractivity contribution in [1.29, 1.82) is 0 Å². The summed E-state index contributed by atoms with van der Waals surface area (Å²) in [6, 6.07) is 1.55. The first kappa shape index (κ1) is 13.3. The lowest BCUT2D eigenvalue weighted by atomic mass is 10.1. The number of methoxy groups -OCH3 is 1. The van der Waals surface area contributed by atoms with Crippen molar-refractivity contribution in [3.63, 3.8) is 0 Å². The normalized spacial score (nSPS) is 10.6. The van der Waals surface area contributed by atoms with Crippen LogP contribution in [0.15, 0.2) is 6.07 Å². The molecule has 1 aromatic heterocycles. The Hall–Kier alpha value is -0.790. The van der Waals surface area contributed by atoms with Crippen molar-refractivity contribution in [3.05, 3.63) is 26.6 Å². The Morgan fingerprint density at radius 3 is 2.75 bits per heavy atom. The van der Waals surface area contributed by atoms with Crippen LogP contribution in [-0.4, -0.2) is 18.1 Å². The molecule has 0 atom stereocenters. The zero-order valence-corrected chi connectivity index (χ0v) is 10.9. The highest BCUT2D eigenvalue weighted by molar-refractivity contribution is 14.1. The van der Waals surface area contributed by atoms with Crippen molar-refractivity contribution >= 4 is 28.6 Å². The van der Waals surface area contributed by atoms with E-state index in [9.17, 15) is 13.6 Å². The van der Waals surface area contributed by atoms with E-state index in [0.717, 1.165) is 0 Å². The van der Waals surface area contributed by atoms with Gasteiger partial charge in [0.25, 0.3) is 6.43 Å². The fraction of sp³-hybridized carbons (Fsp3) is 0.400. The van der Waals surface area contributed by atoms with Crippen LogP contribution in [0.1, 0.15) is 23.2 Å². The topological polar surface area (TPSA) is 39.2 Å². The molecule has 0 N–H and O–H groups in total. The number of hydrogen-bond acceptors (Lipinski definition) is 3. The lowest BCUT2D eigenvalue weighted by Crippen LogP contribution is -2.09. The molecule has 0 aliphatic rings. The van der Waals surface area contributed by atoms with Gasteiger partial charge in [-0.15, -0.1) is 0 Å². The summed E-state index contributed by atoms with van der Waals surface area (Å²) in [5.74, 6) is -0.413. The maximum absolute atomic E-state index is 12.5. The van der Waals surface area contributed by atoms with Crippen LogP contribution in [0.3, 0.4) is 0 Å². The Balaban J connectivity index is 3.05. The number of aromatic nitrogens is 1. The molecule has 0 unspecified atom stereocenters. The number of aryl methyl sites for hydroxylation is 1. The molecule has 0 bridgehead atoms. The molecule has 0 radical (unpaired) electrons. The standard InChI is InChI=1S/C10H10F2INO2/c1-5-3-6(4-7(15)16-2)10(13)14-8(5)9(11)12/h3,9H,4H2,1-2H3. The Kier molecular flexibility index (Phi) is 4.57. The number of halogens is 3. The number of rotatable bonds is 3. The van der Waals surface area contributed by atoms with E-state index in [1.165, 1.54) is 7.11 Å². The van der Waals surface area contributed by atoms with Gasteiger partial charge in [-0.1, -0.05) is 6.07 Å². The van der Waals surface area contributed by atoms with Gasteiger partial charge in [0.2, 0.25) is 0 Å². The molecule has 6 heteroatoms. The molecule has 1 aromatic rings. The minimum atomic E-state index is -2.60. The van der Waals surface area contributed by atoms with Crippen LogP contribution in [0, 0.1) is 10.6 Å². The number of nitrogens with zero attached hydrogens (tertiary/aromatic N) is 1. The number of carbonyl (C=O) groups is 1. The Morgan fingerprint density at radius 2 is 2.25 bits per heavy atom. The molecule has 88 valence electrons. The first-order valence-electron chi connectivity index (χ1n) is 4.46. The van der Waals surface area contributed by atoms with E-state index >= 15 is 0 Å². The maximum atomic E-state index is 12.5. The molecular formula is C10H10F2INO2. The van der Waals surface area contributed by atoms with Gasteiger partial charge in [0.1, 0.15) is 9.39 Å². The average Bonchev–Trinajstić information content (AvgIpc) is 2.22.